The number of thioether (sulfide) groups is 1. The van der Waals surface area contributed by atoms with E-state index in [4.69, 9.17) is 0 Å². The summed E-state index contributed by atoms with van der Waals surface area (Å²) in [5.41, 5.74) is -0.313. The minimum Gasteiger partial charge on any atom is -0.359 e. The van der Waals surface area contributed by atoms with Crippen molar-refractivity contribution in [3.05, 3.63) is 0 Å². The van der Waals surface area contributed by atoms with Crippen molar-refractivity contribution >= 4 is 29.5 Å². The summed E-state index contributed by atoms with van der Waals surface area (Å²) in [6.45, 7) is 1.67. The van der Waals surface area contributed by atoms with Crippen molar-refractivity contribution in [2.75, 3.05) is 25.9 Å². The molecule has 2 heterocycles. The Hall–Kier alpha value is -1.28. The monoisotopic (exact) mass is 314 g/mol. The van der Waals surface area contributed by atoms with Crippen LogP contribution in [0.1, 0.15) is 25.7 Å². The van der Waals surface area contributed by atoms with Gasteiger partial charge in [-0.05, 0) is 12.8 Å². The minimum absolute atomic E-state index is 0.0891. The van der Waals surface area contributed by atoms with Gasteiger partial charge in [-0.1, -0.05) is 0 Å². The normalized spacial score (nSPS) is 25.6. The lowest BCUT2D eigenvalue weighted by Crippen LogP contribution is -2.56. The van der Waals surface area contributed by atoms with E-state index in [1.165, 1.54) is 11.8 Å². The van der Waals surface area contributed by atoms with Gasteiger partial charge in [-0.2, -0.15) is 0 Å². The molecule has 0 aromatic carbocycles. The zero-order valence-corrected chi connectivity index (χ0v) is 13.0. The quantitative estimate of drug-likeness (QED) is 0.620. The molecular weight excluding hydrogens is 292 g/mol. The van der Waals surface area contributed by atoms with E-state index in [1.807, 2.05) is 4.90 Å². The van der Waals surface area contributed by atoms with Gasteiger partial charge in [0, 0.05) is 39.0 Å². The smallest absolute Gasteiger partial charge is 0.232 e. The fourth-order valence-electron chi connectivity index (χ4n) is 2.50. The highest BCUT2D eigenvalue weighted by molar-refractivity contribution is 8.00. The maximum Gasteiger partial charge on any atom is 0.232 e. The number of amides is 3. The predicted molar refractivity (Wildman–Crippen MR) is 80.4 cm³/mol. The van der Waals surface area contributed by atoms with E-state index < -0.39 is 0 Å². The van der Waals surface area contributed by atoms with Crippen molar-refractivity contribution in [1.29, 1.82) is 0 Å². The molecule has 2 unspecified atom stereocenters. The summed E-state index contributed by atoms with van der Waals surface area (Å²) in [6.07, 6.45) is 2.69. The van der Waals surface area contributed by atoms with Crippen LogP contribution in [0.25, 0.3) is 0 Å². The Bertz CT molecular complexity index is 412. The van der Waals surface area contributed by atoms with Crippen LogP contribution >= 0.6 is 11.8 Å². The van der Waals surface area contributed by atoms with Gasteiger partial charge in [-0.25, -0.2) is 0 Å². The lowest BCUT2D eigenvalue weighted by atomic mass is 10.1. The molecule has 2 rings (SSSR count). The average molecular weight is 314 g/mol. The summed E-state index contributed by atoms with van der Waals surface area (Å²) < 4.78 is 0. The van der Waals surface area contributed by atoms with Crippen molar-refractivity contribution in [3.8, 4) is 0 Å². The molecule has 0 bridgehead atoms. The highest BCUT2D eigenvalue weighted by Crippen LogP contribution is 2.16. The van der Waals surface area contributed by atoms with Gasteiger partial charge in [-0.3, -0.25) is 19.7 Å². The summed E-state index contributed by atoms with van der Waals surface area (Å²) in [6, 6.07) is -0.182. The number of carbonyl (C=O) groups excluding carboxylic acids is 3. The molecule has 7 nitrogen and oxygen atoms in total. The van der Waals surface area contributed by atoms with Crippen LogP contribution in [0, 0.1) is 0 Å². The first kappa shape index (κ1) is 16.1. The van der Waals surface area contributed by atoms with Gasteiger partial charge in [0.05, 0.1) is 5.75 Å². The Balaban J connectivity index is 1.77. The molecule has 2 saturated heterocycles. The van der Waals surface area contributed by atoms with Crippen LogP contribution in [0.4, 0.5) is 0 Å². The molecule has 2 fully saturated rings. The molecule has 118 valence electrons. The number of hydrogen-bond acceptors (Lipinski definition) is 5. The van der Waals surface area contributed by atoms with Crippen molar-refractivity contribution in [2.45, 2.75) is 37.2 Å². The van der Waals surface area contributed by atoms with Gasteiger partial charge in [0.15, 0.2) is 0 Å². The van der Waals surface area contributed by atoms with E-state index in [-0.39, 0.29) is 42.1 Å². The molecule has 0 aromatic heterocycles. The van der Waals surface area contributed by atoms with E-state index in [0.29, 0.717) is 5.75 Å². The van der Waals surface area contributed by atoms with Crippen LogP contribution in [0.3, 0.4) is 0 Å². The van der Waals surface area contributed by atoms with E-state index >= 15 is 0 Å². The molecule has 0 aromatic rings. The lowest BCUT2D eigenvalue weighted by Gasteiger charge is -2.31. The van der Waals surface area contributed by atoms with Crippen molar-refractivity contribution in [1.82, 2.24) is 20.9 Å². The van der Waals surface area contributed by atoms with Crippen LogP contribution in [-0.4, -0.2) is 60.1 Å². The zero-order chi connectivity index (χ0) is 15.2. The first-order valence-electron chi connectivity index (χ1n) is 7.24. The van der Waals surface area contributed by atoms with Crippen molar-refractivity contribution in [3.63, 3.8) is 0 Å². The fraction of sp³-hybridized carbons (Fsp3) is 0.769. The minimum atomic E-state index is -0.313. The first-order chi connectivity index (χ1) is 10.1. The number of nitrogens with one attached hydrogen (secondary N) is 3. The van der Waals surface area contributed by atoms with Crippen LogP contribution in [0.5, 0.6) is 0 Å². The van der Waals surface area contributed by atoms with E-state index in [2.05, 4.69) is 16.0 Å². The molecule has 8 heteroatoms. The van der Waals surface area contributed by atoms with E-state index in [1.54, 1.807) is 7.05 Å². The summed E-state index contributed by atoms with van der Waals surface area (Å²) in [5.74, 6) is 0.264. The van der Waals surface area contributed by atoms with Gasteiger partial charge >= 0.3 is 0 Å². The average Bonchev–Trinajstić information content (AvgIpc) is 2.98. The Kier molecular flexibility index (Phi) is 5.86. The second kappa shape index (κ2) is 7.65. The van der Waals surface area contributed by atoms with E-state index in [9.17, 15) is 14.4 Å². The van der Waals surface area contributed by atoms with Gasteiger partial charge < -0.3 is 15.5 Å². The van der Waals surface area contributed by atoms with Gasteiger partial charge in [0.2, 0.25) is 17.7 Å². The topological polar surface area (TPSA) is 90.5 Å². The highest BCUT2D eigenvalue weighted by atomic mass is 32.2. The van der Waals surface area contributed by atoms with Crippen molar-refractivity contribution < 1.29 is 14.4 Å². The van der Waals surface area contributed by atoms with Gasteiger partial charge in [0.1, 0.15) is 5.50 Å². The Morgan fingerprint density at radius 1 is 1.38 bits per heavy atom. The maximum atomic E-state index is 12.0. The van der Waals surface area contributed by atoms with Crippen molar-refractivity contribution in [2.24, 2.45) is 0 Å². The SMILES string of the molecule is CNC(=O)CC1CC(=O)NC(SCC(=O)N2CCCC2)N1. The Morgan fingerprint density at radius 3 is 2.76 bits per heavy atom. The largest absolute Gasteiger partial charge is 0.359 e. The molecule has 2 aliphatic rings. The molecule has 0 aliphatic carbocycles. The van der Waals surface area contributed by atoms with Gasteiger partial charge in [-0.15, -0.1) is 11.8 Å². The maximum absolute atomic E-state index is 12.0. The molecule has 2 aliphatic heterocycles. The standard InChI is InChI=1S/C13H22N4O3S/c1-14-10(18)6-9-7-11(19)16-13(15-9)21-8-12(20)17-4-2-3-5-17/h9,13,15H,2-8H2,1H3,(H,14,18)(H,16,19). The number of carbonyl (C=O) groups is 3. The molecule has 21 heavy (non-hydrogen) atoms. The first-order valence-corrected chi connectivity index (χ1v) is 8.28. The second-order valence-corrected chi connectivity index (χ2v) is 6.38. The molecule has 0 saturated carbocycles. The summed E-state index contributed by atoms with van der Waals surface area (Å²) >= 11 is 1.37. The van der Waals surface area contributed by atoms with Crippen LogP contribution in [-0.2, 0) is 14.4 Å². The molecule has 3 N–H and O–H groups in total. The number of likely N-dealkylation sites (tertiary alicyclic amines) is 1. The van der Waals surface area contributed by atoms with Crippen LogP contribution in [0.2, 0.25) is 0 Å². The molecule has 3 amide bonds. The second-order valence-electron chi connectivity index (χ2n) is 5.29. The lowest BCUT2D eigenvalue weighted by molar-refractivity contribution is -0.128. The van der Waals surface area contributed by atoms with Crippen LogP contribution in [0.15, 0.2) is 0 Å². The molecule has 2 atom stereocenters. The Labute approximate surface area is 128 Å². The fourth-order valence-corrected chi connectivity index (χ4v) is 3.50. The van der Waals surface area contributed by atoms with Crippen LogP contribution < -0.4 is 16.0 Å². The Morgan fingerprint density at radius 2 is 2.10 bits per heavy atom. The number of rotatable bonds is 5. The molecular formula is C13H22N4O3S. The third-order valence-corrected chi connectivity index (χ3v) is 4.65. The third-order valence-electron chi connectivity index (χ3n) is 3.65. The van der Waals surface area contributed by atoms with E-state index in [0.717, 1.165) is 25.9 Å². The highest BCUT2D eigenvalue weighted by Gasteiger charge is 2.28. The summed E-state index contributed by atoms with van der Waals surface area (Å²) in [4.78, 5) is 36.9. The summed E-state index contributed by atoms with van der Waals surface area (Å²) in [5, 5.41) is 8.54. The number of hydrogen-bond donors (Lipinski definition) is 3. The van der Waals surface area contributed by atoms with Gasteiger partial charge in [0.25, 0.3) is 0 Å². The molecule has 0 radical (unpaired) electrons. The zero-order valence-electron chi connectivity index (χ0n) is 12.2. The molecule has 0 spiro atoms. The predicted octanol–water partition coefficient (Wildman–Crippen LogP) is -0.760. The number of nitrogens with zero attached hydrogens (tertiary/aromatic N) is 1. The summed E-state index contributed by atoms with van der Waals surface area (Å²) in [7, 11) is 1.58. The third kappa shape index (κ3) is 4.89.